The molecule has 1 amide bonds. The van der Waals surface area contributed by atoms with E-state index in [0.29, 0.717) is 50.9 Å². The van der Waals surface area contributed by atoms with Gasteiger partial charge in [0.1, 0.15) is 0 Å². The fraction of sp³-hybridized carbons (Fsp3) is 0.316. The minimum Gasteiger partial charge on any atom is -0.326 e. The average molecular weight is 380 g/mol. The third-order valence-electron chi connectivity index (χ3n) is 4.29. The standard InChI is InChI=1S/C19H19Cl2NO3/c1-10-11(2)19(25)16(12(3)18(10)24)5-4-6-17(23)22-15-8-13(20)7-14(21)9-15/h7-9H,4-6H2,1-3H3,(H,22,23). The molecule has 0 heterocycles. The Morgan fingerprint density at radius 2 is 1.48 bits per heavy atom. The lowest BCUT2D eigenvalue weighted by molar-refractivity contribution is -0.117. The van der Waals surface area contributed by atoms with E-state index in [0.717, 1.165) is 0 Å². The molecule has 1 aliphatic carbocycles. The third kappa shape index (κ3) is 4.59. The number of hydrogen-bond acceptors (Lipinski definition) is 3. The van der Waals surface area contributed by atoms with Crippen molar-refractivity contribution in [2.75, 3.05) is 5.32 Å². The van der Waals surface area contributed by atoms with Crippen molar-refractivity contribution in [3.05, 3.63) is 50.5 Å². The number of nitrogens with one attached hydrogen (secondary N) is 1. The summed E-state index contributed by atoms with van der Waals surface area (Å²) >= 11 is 11.8. The minimum atomic E-state index is -0.199. The number of halogens is 2. The van der Waals surface area contributed by atoms with Crippen molar-refractivity contribution >= 4 is 46.4 Å². The summed E-state index contributed by atoms with van der Waals surface area (Å²) in [5.41, 5.74) is 2.50. The van der Waals surface area contributed by atoms with Crippen molar-refractivity contribution in [3.8, 4) is 0 Å². The number of anilines is 1. The molecule has 0 bridgehead atoms. The Labute approximate surface area is 156 Å². The maximum atomic E-state index is 12.3. The van der Waals surface area contributed by atoms with Gasteiger partial charge in [-0.1, -0.05) is 23.2 Å². The predicted octanol–water partition coefficient (Wildman–Crippen LogP) is 4.91. The van der Waals surface area contributed by atoms with E-state index in [-0.39, 0.29) is 23.9 Å². The Morgan fingerprint density at radius 3 is 2.08 bits per heavy atom. The average Bonchev–Trinajstić information content (AvgIpc) is 2.53. The van der Waals surface area contributed by atoms with Gasteiger partial charge in [-0.2, -0.15) is 0 Å². The number of allylic oxidation sites excluding steroid dienone is 4. The third-order valence-corrected chi connectivity index (χ3v) is 4.72. The van der Waals surface area contributed by atoms with Gasteiger partial charge in [-0.3, -0.25) is 14.4 Å². The molecule has 0 aliphatic heterocycles. The largest absolute Gasteiger partial charge is 0.326 e. The molecule has 0 atom stereocenters. The quantitative estimate of drug-likeness (QED) is 0.739. The number of carbonyl (C=O) groups excluding carboxylic acids is 3. The number of hydrogen-bond donors (Lipinski definition) is 1. The number of ketones is 2. The Balaban J connectivity index is 1.95. The first-order valence-electron chi connectivity index (χ1n) is 7.93. The monoisotopic (exact) mass is 379 g/mol. The van der Waals surface area contributed by atoms with Crippen LogP contribution in [0.1, 0.15) is 40.0 Å². The van der Waals surface area contributed by atoms with E-state index in [4.69, 9.17) is 23.2 Å². The second-order valence-electron chi connectivity index (χ2n) is 6.07. The van der Waals surface area contributed by atoms with E-state index < -0.39 is 0 Å². The first-order valence-corrected chi connectivity index (χ1v) is 8.69. The van der Waals surface area contributed by atoms with Crippen LogP contribution in [0.3, 0.4) is 0 Å². The molecule has 1 aromatic rings. The Kier molecular flexibility index (Phi) is 6.20. The lowest BCUT2D eigenvalue weighted by atomic mass is 9.84. The molecule has 4 nitrogen and oxygen atoms in total. The van der Waals surface area contributed by atoms with E-state index in [9.17, 15) is 14.4 Å². The molecule has 132 valence electrons. The van der Waals surface area contributed by atoms with Gasteiger partial charge in [-0.15, -0.1) is 0 Å². The van der Waals surface area contributed by atoms with Crippen LogP contribution in [0.15, 0.2) is 40.5 Å². The van der Waals surface area contributed by atoms with E-state index in [1.807, 2.05) is 0 Å². The first kappa shape index (κ1) is 19.4. The van der Waals surface area contributed by atoms with Crippen molar-refractivity contribution in [3.63, 3.8) is 0 Å². The smallest absolute Gasteiger partial charge is 0.224 e. The van der Waals surface area contributed by atoms with Crippen molar-refractivity contribution in [2.45, 2.75) is 40.0 Å². The van der Waals surface area contributed by atoms with Gasteiger partial charge in [0.25, 0.3) is 0 Å². The lowest BCUT2D eigenvalue weighted by Crippen LogP contribution is -2.21. The number of Topliss-reactive ketones (excluding diaryl/α,β-unsaturated/α-hetero) is 2. The van der Waals surface area contributed by atoms with E-state index in [2.05, 4.69) is 5.32 Å². The second kappa shape index (κ2) is 7.98. The van der Waals surface area contributed by atoms with Crippen LogP contribution < -0.4 is 5.32 Å². The van der Waals surface area contributed by atoms with Gasteiger partial charge in [-0.25, -0.2) is 0 Å². The van der Waals surface area contributed by atoms with Crippen LogP contribution in [0.4, 0.5) is 5.69 Å². The zero-order valence-corrected chi connectivity index (χ0v) is 15.8. The molecule has 1 N–H and O–H groups in total. The summed E-state index contributed by atoms with van der Waals surface area (Å²) in [6, 6.07) is 4.80. The SMILES string of the molecule is CC1=C(C)C(=O)C(CCCC(=O)Nc2cc(Cl)cc(Cl)c2)=C(C)C1=O. The summed E-state index contributed by atoms with van der Waals surface area (Å²) in [7, 11) is 0. The van der Waals surface area contributed by atoms with E-state index in [1.54, 1.807) is 39.0 Å². The topological polar surface area (TPSA) is 63.2 Å². The molecular formula is C19H19Cl2NO3. The van der Waals surface area contributed by atoms with Gasteiger partial charge in [0.05, 0.1) is 0 Å². The fourth-order valence-corrected chi connectivity index (χ4v) is 3.26. The Morgan fingerprint density at radius 1 is 0.920 bits per heavy atom. The molecule has 25 heavy (non-hydrogen) atoms. The minimum absolute atomic E-state index is 0.0925. The highest BCUT2D eigenvalue weighted by atomic mass is 35.5. The normalized spacial score (nSPS) is 15.1. The van der Waals surface area contributed by atoms with Crippen LogP contribution in [0.2, 0.25) is 10.0 Å². The molecule has 0 radical (unpaired) electrons. The first-order chi connectivity index (χ1) is 11.7. The van der Waals surface area contributed by atoms with Gasteiger partial charge in [-0.05, 0) is 51.8 Å². The maximum absolute atomic E-state index is 12.3. The van der Waals surface area contributed by atoms with Crippen LogP contribution >= 0.6 is 23.2 Å². The summed E-state index contributed by atoms with van der Waals surface area (Å²) in [6.07, 6.45) is 1.09. The van der Waals surface area contributed by atoms with Crippen molar-refractivity contribution in [1.29, 1.82) is 0 Å². The second-order valence-corrected chi connectivity index (χ2v) is 6.94. The Hall–Kier alpha value is -1.91. The van der Waals surface area contributed by atoms with Crippen molar-refractivity contribution in [2.24, 2.45) is 0 Å². The van der Waals surface area contributed by atoms with Crippen molar-refractivity contribution < 1.29 is 14.4 Å². The molecule has 1 aromatic carbocycles. The molecule has 6 heteroatoms. The zero-order chi connectivity index (χ0) is 18.7. The highest BCUT2D eigenvalue weighted by molar-refractivity contribution is 6.35. The van der Waals surface area contributed by atoms with Gasteiger partial charge in [0, 0.05) is 44.4 Å². The molecular weight excluding hydrogens is 361 g/mol. The van der Waals surface area contributed by atoms with Crippen LogP contribution in [0.5, 0.6) is 0 Å². The number of amides is 1. The van der Waals surface area contributed by atoms with Crippen LogP contribution in [-0.2, 0) is 14.4 Å². The maximum Gasteiger partial charge on any atom is 0.224 e. The lowest BCUT2D eigenvalue weighted by Gasteiger charge is -2.18. The predicted molar refractivity (Wildman–Crippen MR) is 100 cm³/mol. The fourth-order valence-electron chi connectivity index (χ4n) is 2.73. The molecule has 0 unspecified atom stereocenters. The number of benzene rings is 1. The van der Waals surface area contributed by atoms with Crippen LogP contribution in [0.25, 0.3) is 0 Å². The van der Waals surface area contributed by atoms with Gasteiger partial charge in [0.2, 0.25) is 5.91 Å². The zero-order valence-electron chi connectivity index (χ0n) is 14.3. The van der Waals surface area contributed by atoms with Crippen LogP contribution in [-0.4, -0.2) is 17.5 Å². The molecule has 0 spiro atoms. The highest BCUT2D eigenvalue weighted by Gasteiger charge is 2.27. The Bertz CT molecular complexity index is 802. The molecule has 0 aromatic heterocycles. The van der Waals surface area contributed by atoms with E-state index in [1.165, 1.54) is 0 Å². The molecule has 0 fully saturated rings. The molecule has 0 saturated carbocycles. The van der Waals surface area contributed by atoms with Gasteiger partial charge in [0.15, 0.2) is 11.6 Å². The summed E-state index contributed by atoms with van der Waals surface area (Å²) in [5, 5.41) is 3.60. The van der Waals surface area contributed by atoms with Gasteiger partial charge < -0.3 is 5.32 Å². The molecule has 2 rings (SSSR count). The highest BCUT2D eigenvalue weighted by Crippen LogP contribution is 2.27. The van der Waals surface area contributed by atoms with Gasteiger partial charge >= 0.3 is 0 Å². The van der Waals surface area contributed by atoms with Crippen molar-refractivity contribution in [1.82, 2.24) is 0 Å². The molecule has 1 aliphatic rings. The molecule has 0 saturated heterocycles. The number of rotatable bonds is 5. The van der Waals surface area contributed by atoms with Crippen LogP contribution in [0, 0.1) is 0 Å². The summed E-state index contributed by atoms with van der Waals surface area (Å²) in [6.45, 7) is 5.00. The number of carbonyl (C=O) groups is 3. The summed E-state index contributed by atoms with van der Waals surface area (Å²) < 4.78 is 0. The van der Waals surface area contributed by atoms with E-state index >= 15 is 0 Å². The summed E-state index contributed by atoms with van der Waals surface area (Å²) in [4.78, 5) is 36.5. The summed E-state index contributed by atoms with van der Waals surface area (Å²) in [5.74, 6) is -0.392.